The van der Waals surface area contributed by atoms with Gasteiger partial charge in [0.05, 0.1) is 26.4 Å². The molecule has 2 aliphatic heterocycles. The van der Waals surface area contributed by atoms with Crippen LogP contribution in [0.1, 0.15) is 24.0 Å². The first kappa shape index (κ1) is 22.0. The van der Waals surface area contributed by atoms with Gasteiger partial charge in [0.1, 0.15) is 0 Å². The quantitative estimate of drug-likeness (QED) is 0.351. The summed E-state index contributed by atoms with van der Waals surface area (Å²) in [7, 11) is 1.81. The summed E-state index contributed by atoms with van der Waals surface area (Å²) in [6.45, 7) is 9.60. The second-order valence-corrected chi connectivity index (χ2v) is 7.72. The molecule has 2 N–H and O–H groups in total. The van der Waals surface area contributed by atoms with Gasteiger partial charge in [0, 0.05) is 58.9 Å². The van der Waals surface area contributed by atoms with Gasteiger partial charge >= 0.3 is 0 Å². The van der Waals surface area contributed by atoms with E-state index < -0.39 is 0 Å². The van der Waals surface area contributed by atoms with Gasteiger partial charge in [-0.2, -0.15) is 0 Å². The van der Waals surface area contributed by atoms with Crippen LogP contribution in [-0.4, -0.2) is 77.2 Å². The molecule has 2 heterocycles. The minimum atomic E-state index is 0.580. The highest BCUT2D eigenvalue weighted by molar-refractivity contribution is 5.79. The SMILES string of the molecule is CN=C(NCCCOCC1CCOC1)NCc1cccc(CN2CCOCC2)c1. The van der Waals surface area contributed by atoms with Gasteiger partial charge in [-0.1, -0.05) is 24.3 Å². The fourth-order valence-electron chi connectivity index (χ4n) is 3.61. The molecule has 2 saturated heterocycles. The molecule has 0 amide bonds. The van der Waals surface area contributed by atoms with E-state index in [4.69, 9.17) is 14.2 Å². The molecular formula is C22H36N4O3. The molecule has 1 aromatic carbocycles. The minimum absolute atomic E-state index is 0.580. The highest BCUT2D eigenvalue weighted by atomic mass is 16.5. The third kappa shape index (κ3) is 8.30. The molecule has 1 aromatic rings. The minimum Gasteiger partial charge on any atom is -0.381 e. The lowest BCUT2D eigenvalue weighted by atomic mass is 10.1. The highest BCUT2D eigenvalue weighted by Crippen LogP contribution is 2.12. The summed E-state index contributed by atoms with van der Waals surface area (Å²) in [5, 5.41) is 6.76. The van der Waals surface area contributed by atoms with E-state index in [9.17, 15) is 0 Å². The molecule has 7 heteroatoms. The van der Waals surface area contributed by atoms with Crippen molar-refractivity contribution in [3.63, 3.8) is 0 Å². The van der Waals surface area contributed by atoms with Crippen LogP contribution < -0.4 is 10.6 Å². The predicted octanol–water partition coefficient (Wildman–Crippen LogP) is 1.63. The van der Waals surface area contributed by atoms with Crippen LogP contribution in [0.3, 0.4) is 0 Å². The average molecular weight is 405 g/mol. The summed E-state index contributed by atoms with van der Waals surface area (Å²) in [5.74, 6) is 1.41. The van der Waals surface area contributed by atoms with E-state index in [1.165, 1.54) is 11.1 Å². The molecule has 0 bridgehead atoms. The molecule has 29 heavy (non-hydrogen) atoms. The Morgan fingerprint density at radius 1 is 1.17 bits per heavy atom. The number of aliphatic imine (C=N–C) groups is 1. The van der Waals surface area contributed by atoms with Crippen molar-refractivity contribution >= 4 is 5.96 Å². The van der Waals surface area contributed by atoms with Crippen LogP contribution >= 0.6 is 0 Å². The Bertz CT molecular complexity index is 614. The van der Waals surface area contributed by atoms with Crippen molar-refractivity contribution < 1.29 is 14.2 Å². The van der Waals surface area contributed by atoms with E-state index in [2.05, 4.69) is 44.8 Å². The van der Waals surface area contributed by atoms with Crippen LogP contribution in [0, 0.1) is 5.92 Å². The zero-order valence-corrected chi connectivity index (χ0v) is 17.7. The molecule has 1 unspecified atom stereocenters. The highest BCUT2D eigenvalue weighted by Gasteiger charge is 2.15. The van der Waals surface area contributed by atoms with Crippen molar-refractivity contribution in [2.75, 3.05) is 66.3 Å². The summed E-state index contributed by atoms with van der Waals surface area (Å²) in [4.78, 5) is 6.76. The van der Waals surface area contributed by atoms with Crippen LogP contribution in [0.2, 0.25) is 0 Å². The smallest absolute Gasteiger partial charge is 0.191 e. The van der Waals surface area contributed by atoms with E-state index in [1.54, 1.807) is 7.05 Å². The van der Waals surface area contributed by atoms with Gasteiger partial charge in [0.25, 0.3) is 0 Å². The molecule has 0 aromatic heterocycles. The standard InChI is InChI=1S/C22H36N4O3/c1-23-22(24-7-3-10-28-17-21-6-11-29-18-21)25-15-19-4-2-5-20(14-19)16-26-8-12-27-13-9-26/h2,4-5,14,21H,3,6-13,15-18H2,1H3,(H2,23,24,25). The van der Waals surface area contributed by atoms with Crippen LogP contribution in [0.4, 0.5) is 0 Å². The Morgan fingerprint density at radius 2 is 2.03 bits per heavy atom. The molecule has 0 radical (unpaired) electrons. The van der Waals surface area contributed by atoms with Gasteiger partial charge < -0.3 is 24.8 Å². The summed E-state index contributed by atoms with van der Waals surface area (Å²) in [6, 6.07) is 8.76. The summed E-state index contributed by atoms with van der Waals surface area (Å²) in [5.41, 5.74) is 2.61. The average Bonchev–Trinajstić information content (AvgIpc) is 3.27. The Labute approximate surface area is 174 Å². The maximum absolute atomic E-state index is 5.75. The number of nitrogens with zero attached hydrogens (tertiary/aromatic N) is 2. The van der Waals surface area contributed by atoms with E-state index in [0.29, 0.717) is 5.92 Å². The first-order valence-electron chi connectivity index (χ1n) is 10.8. The lowest BCUT2D eigenvalue weighted by Gasteiger charge is -2.26. The third-order valence-corrected chi connectivity index (χ3v) is 5.32. The van der Waals surface area contributed by atoms with E-state index >= 15 is 0 Å². The molecular weight excluding hydrogens is 368 g/mol. The Morgan fingerprint density at radius 3 is 2.83 bits per heavy atom. The van der Waals surface area contributed by atoms with Crippen molar-refractivity contribution in [2.45, 2.75) is 25.9 Å². The molecule has 0 aliphatic carbocycles. The van der Waals surface area contributed by atoms with Crippen molar-refractivity contribution in [3.05, 3.63) is 35.4 Å². The third-order valence-electron chi connectivity index (χ3n) is 5.32. The van der Waals surface area contributed by atoms with Gasteiger partial charge in [0.2, 0.25) is 0 Å². The first-order valence-corrected chi connectivity index (χ1v) is 10.8. The zero-order valence-electron chi connectivity index (χ0n) is 17.7. The topological polar surface area (TPSA) is 67.4 Å². The van der Waals surface area contributed by atoms with Crippen LogP contribution in [0.5, 0.6) is 0 Å². The Balaban J connectivity index is 1.30. The number of nitrogens with one attached hydrogen (secondary N) is 2. The molecule has 0 spiro atoms. The van der Waals surface area contributed by atoms with Crippen molar-refractivity contribution in [3.8, 4) is 0 Å². The lowest BCUT2D eigenvalue weighted by molar-refractivity contribution is 0.0342. The van der Waals surface area contributed by atoms with Gasteiger partial charge in [-0.05, 0) is 24.0 Å². The molecule has 2 fully saturated rings. The maximum Gasteiger partial charge on any atom is 0.191 e. The van der Waals surface area contributed by atoms with Crippen molar-refractivity contribution in [2.24, 2.45) is 10.9 Å². The molecule has 3 rings (SSSR count). The Kier molecular flexibility index (Phi) is 9.72. The molecule has 1 atom stereocenters. The number of hydrogen-bond acceptors (Lipinski definition) is 5. The number of benzene rings is 1. The molecule has 7 nitrogen and oxygen atoms in total. The maximum atomic E-state index is 5.75. The van der Waals surface area contributed by atoms with Crippen LogP contribution in [0.15, 0.2) is 29.3 Å². The fourth-order valence-corrected chi connectivity index (χ4v) is 3.61. The van der Waals surface area contributed by atoms with E-state index in [1.807, 2.05) is 0 Å². The van der Waals surface area contributed by atoms with Gasteiger partial charge in [-0.15, -0.1) is 0 Å². The van der Waals surface area contributed by atoms with Crippen molar-refractivity contribution in [1.82, 2.24) is 15.5 Å². The van der Waals surface area contributed by atoms with Crippen molar-refractivity contribution in [1.29, 1.82) is 0 Å². The second-order valence-electron chi connectivity index (χ2n) is 7.72. The normalized spacial score (nSPS) is 20.7. The van der Waals surface area contributed by atoms with E-state index in [-0.39, 0.29) is 0 Å². The van der Waals surface area contributed by atoms with E-state index in [0.717, 1.165) is 91.2 Å². The number of ether oxygens (including phenoxy) is 3. The summed E-state index contributed by atoms with van der Waals surface area (Å²) < 4.78 is 16.5. The van der Waals surface area contributed by atoms with Crippen LogP contribution in [-0.2, 0) is 27.3 Å². The predicted molar refractivity (Wildman–Crippen MR) is 115 cm³/mol. The molecule has 162 valence electrons. The van der Waals surface area contributed by atoms with Gasteiger partial charge in [0.15, 0.2) is 5.96 Å². The number of guanidine groups is 1. The number of morpholine rings is 1. The lowest BCUT2D eigenvalue weighted by Crippen LogP contribution is -2.37. The monoisotopic (exact) mass is 404 g/mol. The number of rotatable bonds is 10. The summed E-state index contributed by atoms with van der Waals surface area (Å²) >= 11 is 0. The second kappa shape index (κ2) is 12.8. The first-order chi connectivity index (χ1) is 14.3. The molecule has 0 saturated carbocycles. The molecule has 2 aliphatic rings. The van der Waals surface area contributed by atoms with Gasteiger partial charge in [-0.25, -0.2) is 0 Å². The zero-order chi connectivity index (χ0) is 20.2. The summed E-state index contributed by atoms with van der Waals surface area (Å²) in [6.07, 6.45) is 2.09. The largest absolute Gasteiger partial charge is 0.381 e. The number of hydrogen-bond donors (Lipinski definition) is 2. The van der Waals surface area contributed by atoms with Gasteiger partial charge in [-0.3, -0.25) is 9.89 Å². The Hall–Kier alpha value is -1.67. The fraction of sp³-hybridized carbons (Fsp3) is 0.682. The van der Waals surface area contributed by atoms with Crippen LogP contribution in [0.25, 0.3) is 0 Å².